The highest BCUT2D eigenvalue weighted by Gasteiger charge is 2.35. The zero-order valence-corrected chi connectivity index (χ0v) is 22.3. The zero-order valence-electron chi connectivity index (χ0n) is 20.5. The van der Waals surface area contributed by atoms with Gasteiger partial charge in [-0.05, 0) is 70.8 Å². The van der Waals surface area contributed by atoms with Crippen LogP contribution in [0, 0.1) is 13.8 Å². The summed E-state index contributed by atoms with van der Waals surface area (Å²) in [6, 6.07) is 27.2. The standard InChI is InChI=1S/C29H38P2/c1-22-15-9-12-18-25(22)31(26-19-13-10-16-23(26)2)27-20-14-11-17-24(27)21-30(28(3,4)5)29(6,7)8/h9-20H,21H2,1-8H3. The molecule has 0 bridgehead atoms. The first-order valence-corrected chi connectivity index (χ1v) is 14.1. The van der Waals surface area contributed by atoms with Crippen LogP contribution in [0.5, 0.6) is 0 Å². The molecule has 0 amide bonds. The molecule has 0 aliphatic heterocycles. The van der Waals surface area contributed by atoms with Gasteiger partial charge in [-0.2, -0.15) is 0 Å². The lowest BCUT2D eigenvalue weighted by molar-refractivity contribution is 0.703. The van der Waals surface area contributed by atoms with Gasteiger partial charge in [-0.3, -0.25) is 0 Å². The lowest BCUT2D eigenvalue weighted by Gasteiger charge is -2.42. The van der Waals surface area contributed by atoms with Crippen LogP contribution in [0.25, 0.3) is 0 Å². The molecule has 3 aromatic rings. The number of hydrogen-bond acceptors (Lipinski definition) is 0. The Hall–Kier alpha value is -1.48. The van der Waals surface area contributed by atoms with Gasteiger partial charge in [0, 0.05) is 0 Å². The average Bonchev–Trinajstić information content (AvgIpc) is 2.68. The minimum absolute atomic E-state index is 0.203. The van der Waals surface area contributed by atoms with Crippen LogP contribution in [-0.2, 0) is 6.16 Å². The molecule has 0 spiro atoms. The molecule has 31 heavy (non-hydrogen) atoms. The summed E-state index contributed by atoms with van der Waals surface area (Å²) in [6.07, 6.45) is 1.18. The van der Waals surface area contributed by atoms with Crippen molar-refractivity contribution in [3.05, 3.63) is 89.5 Å². The molecule has 0 aliphatic carbocycles. The van der Waals surface area contributed by atoms with Gasteiger partial charge in [0.2, 0.25) is 0 Å². The van der Waals surface area contributed by atoms with Crippen LogP contribution in [0.3, 0.4) is 0 Å². The Bertz CT molecular complexity index is 962. The first-order chi connectivity index (χ1) is 14.5. The smallest absolute Gasteiger partial charge is 0.00571 e. The summed E-state index contributed by atoms with van der Waals surface area (Å²) in [6.45, 7) is 19.1. The Kier molecular flexibility index (Phi) is 7.46. The van der Waals surface area contributed by atoms with Crippen molar-refractivity contribution in [2.75, 3.05) is 0 Å². The van der Waals surface area contributed by atoms with E-state index in [9.17, 15) is 0 Å². The molecule has 0 nitrogen and oxygen atoms in total. The molecule has 0 aliphatic rings. The van der Waals surface area contributed by atoms with E-state index in [-0.39, 0.29) is 7.92 Å². The molecule has 0 heterocycles. The van der Waals surface area contributed by atoms with Crippen molar-refractivity contribution in [2.45, 2.75) is 71.9 Å². The summed E-state index contributed by atoms with van der Waals surface area (Å²) >= 11 is 0. The fraction of sp³-hybridized carbons (Fsp3) is 0.379. The molecule has 0 unspecified atom stereocenters. The predicted molar refractivity (Wildman–Crippen MR) is 145 cm³/mol. The van der Waals surface area contributed by atoms with Gasteiger partial charge in [0.15, 0.2) is 0 Å². The van der Waals surface area contributed by atoms with E-state index in [1.54, 1.807) is 0 Å². The van der Waals surface area contributed by atoms with Crippen molar-refractivity contribution >= 4 is 31.8 Å². The molecular weight excluding hydrogens is 410 g/mol. The first-order valence-electron chi connectivity index (χ1n) is 11.3. The highest BCUT2D eigenvalue weighted by molar-refractivity contribution is 7.80. The van der Waals surface area contributed by atoms with E-state index in [0.29, 0.717) is 10.3 Å². The van der Waals surface area contributed by atoms with Crippen molar-refractivity contribution in [1.29, 1.82) is 0 Å². The van der Waals surface area contributed by atoms with E-state index in [2.05, 4.69) is 128 Å². The van der Waals surface area contributed by atoms with Crippen molar-refractivity contribution in [3.8, 4) is 0 Å². The van der Waals surface area contributed by atoms with E-state index in [1.165, 1.54) is 38.8 Å². The molecule has 3 aromatic carbocycles. The topological polar surface area (TPSA) is 0 Å². The largest absolute Gasteiger partial charge is 0.0911 e. The lowest BCUT2D eigenvalue weighted by Crippen LogP contribution is -2.29. The zero-order chi connectivity index (χ0) is 22.8. The fourth-order valence-corrected chi connectivity index (χ4v) is 11.0. The summed E-state index contributed by atoms with van der Waals surface area (Å²) in [5, 5.41) is 5.12. The third-order valence-electron chi connectivity index (χ3n) is 5.89. The van der Waals surface area contributed by atoms with Crippen LogP contribution in [-0.4, -0.2) is 10.3 Å². The lowest BCUT2D eigenvalue weighted by atomic mass is 10.2. The van der Waals surface area contributed by atoms with E-state index >= 15 is 0 Å². The molecule has 0 fully saturated rings. The van der Waals surface area contributed by atoms with Crippen molar-refractivity contribution in [2.24, 2.45) is 0 Å². The van der Waals surface area contributed by atoms with Crippen LogP contribution in [0.2, 0.25) is 0 Å². The average molecular weight is 449 g/mol. The van der Waals surface area contributed by atoms with Gasteiger partial charge in [-0.15, -0.1) is 0 Å². The summed E-state index contributed by atoms with van der Waals surface area (Å²) in [7, 11) is -0.803. The maximum atomic E-state index is 2.43. The first kappa shape index (κ1) is 24.2. The molecular formula is C29H38P2. The monoisotopic (exact) mass is 448 g/mol. The minimum atomic E-state index is -0.600. The van der Waals surface area contributed by atoms with Gasteiger partial charge in [0.1, 0.15) is 0 Å². The van der Waals surface area contributed by atoms with Gasteiger partial charge in [0.25, 0.3) is 0 Å². The quantitative estimate of drug-likeness (QED) is 0.352. The molecule has 0 saturated heterocycles. The second kappa shape index (κ2) is 9.57. The van der Waals surface area contributed by atoms with Crippen molar-refractivity contribution < 1.29 is 0 Å². The number of hydrogen-bond donors (Lipinski definition) is 0. The van der Waals surface area contributed by atoms with Gasteiger partial charge in [-0.1, -0.05) is 122 Å². The van der Waals surface area contributed by atoms with Gasteiger partial charge < -0.3 is 0 Å². The van der Waals surface area contributed by atoms with Crippen LogP contribution in [0.1, 0.15) is 58.2 Å². The van der Waals surface area contributed by atoms with Gasteiger partial charge in [-0.25, -0.2) is 0 Å². The normalized spacial score (nSPS) is 12.6. The highest BCUT2D eigenvalue weighted by Crippen LogP contribution is 2.61. The summed E-state index contributed by atoms with van der Waals surface area (Å²) in [5.41, 5.74) is 4.32. The highest BCUT2D eigenvalue weighted by atomic mass is 31.1. The molecule has 164 valence electrons. The summed E-state index contributed by atoms with van der Waals surface area (Å²) < 4.78 is 0. The van der Waals surface area contributed by atoms with E-state index in [0.717, 1.165) is 0 Å². The molecule has 2 heteroatoms. The van der Waals surface area contributed by atoms with Crippen LogP contribution < -0.4 is 15.9 Å². The number of rotatable bonds is 5. The predicted octanol–water partition coefficient (Wildman–Crippen LogP) is 7.64. The molecule has 0 atom stereocenters. The van der Waals surface area contributed by atoms with Crippen LogP contribution in [0.15, 0.2) is 72.8 Å². The van der Waals surface area contributed by atoms with Crippen LogP contribution in [0.4, 0.5) is 0 Å². The molecule has 0 radical (unpaired) electrons. The molecule has 0 N–H and O–H groups in total. The SMILES string of the molecule is Cc1ccccc1P(c1ccccc1C)c1ccccc1CP(C(C)(C)C)C(C)(C)C. The maximum absolute atomic E-state index is 2.43. The second-order valence-electron chi connectivity index (χ2n) is 10.5. The van der Waals surface area contributed by atoms with Gasteiger partial charge in [0.05, 0.1) is 0 Å². The van der Waals surface area contributed by atoms with E-state index < -0.39 is 7.92 Å². The van der Waals surface area contributed by atoms with Crippen molar-refractivity contribution in [1.82, 2.24) is 0 Å². The fourth-order valence-electron chi connectivity index (χ4n) is 4.53. The molecule has 0 aromatic heterocycles. The Morgan fingerprint density at radius 1 is 0.548 bits per heavy atom. The molecule has 3 rings (SSSR count). The van der Waals surface area contributed by atoms with Gasteiger partial charge >= 0.3 is 0 Å². The maximum Gasteiger partial charge on any atom is -0.00571 e. The Labute approximate surface area is 193 Å². The van der Waals surface area contributed by atoms with Crippen LogP contribution >= 0.6 is 15.8 Å². The Balaban J connectivity index is 2.21. The third-order valence-corrected chi connectivity index (χ3v) is 12.7. The Morgan fingerprint density at radius 2 is 0.935 bits per heavy atom. The van der Waals surface area contributed by atoms with E-state index in [4.69, 9.17) is 0 Å². The second-order valence-corrected chi connectivity index (χ2v) is 16.4. The molecule has 0 saturated carbocycles. The number of benzene rings is 3. The Morgan fingerprint density at radius 3 is 1.35 bits per heavy atom. The number of aryl methyl sites for hydroxylation is 2. The van der Waals surface area contributed by atoms with E-state index in [1.807, 2.05) is 0 Å². The minimum Gasteiger partial charge on any atom is -0.0911 e. The summed E-state index contributed by atoms with van der Waals surface area (Å²) in [5.74, 6) is 0. The summed E-state index contributed by atoms with van der Waals surface area (Å²) in [4.78, 5) is 0. The third kappa shape index (κ3) is 5.66. The van der Waals surface area contributed by atoms with Crippen molar-refractivity contribution in [3.63, 3.8) is 0 Å².